The molecule has 4 rings (SSSR count). The minimum atomic E-state index is -0.522. The largest absolute Gasteiger partial charge is 0.468 e. The van der Waals surface area contributed by atoms with Gasteiger partial charge in [0.2, 0.25) is 0 Å². The number of ether oxygens (including phenoxy) is 1. The van der Waals surface area contributed by atoms with E-state index in [2.05, 4.69) is 0 Å². The van der Waals surface area contributed by atoms with Crippen LogP contribution in [0.3, 0.4) is 0 Å². The summed E-state index contributed by atoms with van der Waals surface area (Å²) in [7, 11) is 1.37. The summed E-state index contributed by atoms with van der Waals surface area (Å²) in [4.78, 5) is 28.8. The fourth-order valence-electron chi connectivity index (χ4n) is 3.48. The third-order valence-electron chi connectivity index (χ3n) is 5.04. The normalized spacial score (nSPS) is 20.9. The predicted molar refractivity (Wildman–Crippen MR) is 117 cm³/mol. The minimum absolute atomic E-state index is 0.0818. The number of carbonyl (C=O) groups excluding carboxylic acids is 2. The van der Waals surface area contributed by atoms with Crippen molar-refractivity contribution in [2.24, 2.45) is 0 Å². The highest BCUT2D eigenvalue weighted by atomic mass is 35.5. The van der Waals surface area contributed by atoms with Crippen molar-refractivity contribution >= 4 is 51.7 Å². The fourth-order valence-corrected chi connectivity index (χ4v) is 5.28. The van der Waals surface area contributed by atoms with Gasteiger partial charge in [0.1, 0.15) is 5.25 Å². The average molecular weight is 448 g/mol. The molecule has 0 bridgehead atoms. The molecule has 4 nitrogen and oxygen atoms in total. The highest BCUT2D eigenvalue weighted by Gasteiger charge is 2.46. The van der Waals surface area contributed by atoms with Crippen molar-refractivity contribution in [3.05, 3.63) is 75.8 Å². The second-order valence-corrected chi connectivity index (χ2v) is 9.04. The van der Waals surface area contributed by atoms with E-state index in [9.17, 15) is 9.59 Å². The lowest BCUT2D eigenvalue weighted by molar-refractivity contribution is -0.140. The lowest BCUT2D eigenvalue weighted by Gasteiger charge is -2.31. The molecule has 1 saturated carbocycles. The molecule has 0 spiro atoms. The first kappa shape index (κ1) is 20.3. The molecule has 1 amide bonds. The van der Waals surface area contributed by atoms with Gasteiger partial charge < -0.3 is 9.64 Å². The van der Waals surface area contributed by atoms with Gasteiger partial charge in [-0.1, -0.05) is 53.5 Å². The summed E-state index contributed by atoms with van der Waals surface area (Å²) in [5.41, 5.74) is 1.40. The third kappa shape index (κ3) is 4.18. The molecule has 2 aromatic carbocycles. The van der Waals surface area contributed by atoms with Crippen molar-refractivity contribution in [3.63, 3.8) is 0 Å². The molecule has 1 fully saturated rings. The van der Waals surface area contributed by atoms with E-state index >= 15 is 0 Å². The van der Waals surface area contributed by atoms with E-state index in [1.807, 2.05) is 36.4 Å². The van der Waals surface area contributed by atoms with Crippen LogP contribution in [-0.2, 0) is 9.53 Å². The Balaban J connectivity index is 1.72. The van der Waals surface area contributed by atoms with E-state index in [1.165, 1.54) is 18.9 Å². The van der Waals surface area contributed by atoms with Crippen LogP contribution in [0.25, 0.3) is 4.91 Å². The van der Waals surface area contributed by atoms with Gasteiger partial charge in [-0.3, -0.25) is 9.59 Å². The van der Waals surface area contributed by atoms with Gasteiger partial charge in [-0.05, 0) is 42.7 Å². The number of methoxy groups -OCH3 is 1. The number of amides is 1. The molecule has 0 N–H and O–H groups in total. The Morgan fingerprint density at radius 3 is 2.45 bits per heavy atom. The Bertz CT molecular complexity index is 975. The maximum atomic E-state index is 13.5. The van der Waals surface area contributed by atoms with Crippen LogP contribution in [0.2, 0.25) is 10.0 Å². The summed E-state index contributed by atoms with van der Waals surface area (Å²) < 4.78 is 5.05. The van der Waals surface area contributed by atoms with E-state index in [0.717, 1.165) is 23.3 Å². The zero-order valence-corrected chi connectivity index (χ0v) is 18.0. The molecular weight excluding hydrogens is 429 g/mol. The van der Waals surface area contributed by atoms with Gasteiger partial charge in [0.05, 0.1) is 23.7 Å². The van der Waals surface area contributed by atoms with Crippen molar-refractivity contribution in [1.29, 1.82) is 0 Å². The molecule has 1 aliphatic heterocycles. The minimum Gasteiger partial charge on any atom is -0.468 e. The molecule has 2 unspecified atom stereocenters. The van der Waals surface area contributed by atoms with Crippen LogP contribution < -0.4 is 0 Å². The van der Waals surface area contributed by atoms with Crippen LogP contribution in [0, 0.1) is 0 Å². The van der Waals surface area contributed by atoms with Crippen LogP contribution in [0.15, 0.2) is 54.6 Å². The number of nitrogens with zero attached hydrogens (tertiary/aromatic N) is 1. The monoisotopic (exact) mass is 447 g/mol. The average Bonchev–Trinajstić information content (AvgIpc) is 3.46. The van der Waals surface area contributed by atoms with E-state index in [-0.39, 0.29) is 17.9 Å². The first-order chi connectivity index (χ1) is 14.0. The molecule has 150 valence electrons. The van der Waals surface area contributed by atoms with Crippen molar-refractivity contribution in [2.75, 3.05) is 7.11 Å². The van der Waals surface area contributed by atoms with Crippen LogP contribution in [0.1, 0.15) is 28.8 Å². The van der Waals surface area contributed by atoms with Crippen LogP contribution >= 0.6 is 35.0 Å². The summed E-state index contributed by atoms with van der Waals surface area (Å²) in [6.07, 6.45) is 3.81. The zero-order chi connectivity index (χ0) is 20.5. The maximum absolute atomic E-state index is 13.5. The Labute approximate surface area is 183 Å². The second-order valence-electron chi connectivity index (χ2n) is 7.02. The number of esters is 1. The van der Waals surface area contributed by atoms with Crippen LogP contribution in [0.4, 0.5) is 0 Å². The molecule has 2 aliphatic rings. The summed E-state index contributed by atoms with van der Waals surface area (Å²) in [6, 6.07) is 14.4. The van der Waals surface area contributed by atoms with Gasteiger partial charge in [0.15, 0.2) is 0 Å². The Hall–Kier alpha value is -1.95. The van der Waals surface area contributed by atoms with Gasteiger partial charge >= 0.3 is 5.97 Å². The quantitative estimate of drug-likeness (QED) is 0.583. The van der Waals surface area contributed by atoms with Crippen molar-refractivity contribution < 1.29 is 14.3 Å². The van der Waals surface area contributed by atoms with E-state index in [4.69, 9.17) is 27.9 Å². The molecule has 1 aliphatic carbocycles. The number of halogens is 2. The molecule has 7 heteroatoms. The van der Waals surface area contributed by atoms with E-state index in [0.29, 0.717) is 15.6 Å². The lowest BCUT2D eigenvalue weighted by atomic mass is 10.1. The topological polar surface area (TPSA) is 46.6 Å². The Morgan fingerprint density at radius 2 is 1.83 bits per heavy atom. The standard InChI is InChI=1S/C22H19Cl2NO3S/c1-28-22(27)20-18(12-19(29-20)13-5-3-2-4-6-13)25(15-8-9-15)21(26)16-10-7-14(23)11-17(16)24/h2-7,10-12,15,18,20H,8-9H2,1H3. The van der Waals surface area contributed by atoms with E-state index in [1.54, 1.807) is 23.1 Å². The van der Waals surface area contributed by atoms with Crippen molar-refractivity contribution in [1.82, 2.24) is 4.90 Å². The summed E-state index contributed by atoms with van der Waals surface area (Å²) in [5.74, 6) is -0.540. The number of hydrogen-bond donors (Lipinski definition) is 0. The number of carbonyl (C=O) groups is 2. The summed E-state index contributed by atoms with van der Waals surface area (Å²) in [6.45, 7) is 0. The second kappa shape index (κ2) is 8.42. The molecule has 0 aromatic heterocycles. The molecule has 0 saturated heterocycles. The SMILES string of the molecule is COC(=O)C1SC(c2ccccc2)=CC1N(C(=O)c1ccc(Cl)cc1Cl)C1CC1. The lowest BCUT2D eigenvalue weighted by Crippen LogP contribution is -2.47. The highest BCUT2D eigenvalue weighted by Crippen LogP contribution is 2.45. The predicted octanol–water partition coefficient (Wildman–Crippen LogP) is 5.30. The Morgan fingerprint density at radius 1 is 1.10 bits per heavy atom. The zero-order valence-electron chi connectivity index (χ0n) is 15.7. The smallest absolute Gasteiger partial charge is 0.321 e. The number of rotatable bonds is 5. The van der Waals surface area contributed by atoms with Gasteiger partial charge in [0, 0.05) is 16.0 Å². The summed E-state index contributed by atoms with van der Waals surface area (Å²) >= 11 is 13.7. The molecule has 2 aromatic rings. The first-order valence-corrected chi connectivity index (χ1v) is 10.9. The van der Waals surface area contributed by atoms with Crippen molar-refractivity contribution in [3.8, 4) is 0 Å². The number of benzene rings is 2. The van der Waals surface area contributed by atoms with Gasteiger partial charge in [-0.2, -0.15) is 0 Å². The van der Waals surface area contributed by atoms with Crippen molar-refractivity contribution in [2.45, 2.75) is 30.2 Å². The fraction of sp³-hybridized carbons (Fsp3) is 0.273. The number of thioether (sulfide) groups is 1. The molecule has 1 heterocycles. The summed E-state index contributed by atoms with van der Waals surface area (Å²) in [5, 5.41) is 0.256. The van der Waals surface area contributed by atoms with E-state index < -0.39 is 11.3 Å². The third-order valence-corrected chi connectivity index (χ3v) is 6.93. The molecule has 0 radical (unpaired) electrons. The maximum Gasteiger partial charge on any atom is 0.321 e. The van der Waals surface area contributed by atoms with Gasteiger partial charge in [-0.25, -0.2) is 0 Å². The van der Waals surface area contributed by atoms with Gasteiger partial charge in [0.25, 0.3) is 5.91 Å². The first-order valence-electron chi connectivity index (χ1n) is 9.29. The molecular formula is C22H19Cl2NO3S. The Kier molecular flexibility index (Phi) is 5.91. The van der Waals surface area contributed by atoms with Gasteiger partial charge in [-0.15, -0.1) is 11.8 Å². The van der Waals surface area contributed by atoms with Crippen LogP contribution in [0.5, 0.6) is 0 Å². The highest BCUT2D eigenvalue weighted by molar-refractivity contribution is 8.09. The molecule has 2 atom stereocenters. The number of hydrogen-bond acceptors (Lipinski definition) is 4. The van der Waals surface area contributed by atoms with Crippen LogP contribution in [-0.4, -0.2) is 41.2 Å². The molecule has 29 heavy (non-hydrogen) atoms.